The van der Waals surface area contributed by atoms with Crippen molar-refractivity contribution in [1.82, 2.24) is 19.4 Å². The van der Waals surface area contributed by atoms with Crippen molar-refractivity contribution in [2.24, 2.45) is 0 Å². The normalized spacial score (nSPS) is 19.3. The van der Waals surface area contributed by atoms with Gasteiger partial charge in [0.1, 0.15) is 5.82 Å². The Morgan fingerprint density at radius 3 is 2.75 bits per heavy atom. The molecule has 166 valence electrons. The van der Waals surface area contributed by atoms with Crippen molar-refractivity contribution < 1.29 is 9.53 Å². The Kier molecular flexibility index (Phi) is 4.98. The van der Waals surface area contributed by atoms with Crippen LogP contribution in [0.3, 0.4) is 0 Å². The van der Waals surface area contributed by atoms with E-state index in [2.05, 4.69) is 28.8 Å². The number of imidazole rings is 1. The number of hydrogen-bond donors (Lipinski definition) is 0. The summed E-state index contributed by atoms with van der Waals surface area (Å²) in [5.74, 6) is 2.48. The number of aromatic nitrogens is 3. The zero-order valence-electron chi connectivity index (χ0n) is 18.7. The van der Waals surface area contributed by atoms with Gasteiger partial charge in [-0.05, 0) is 37.1 Å². The fourth-order valence-corrected chi connectivity index (χ4v) is 5.31. The highest BCUT2D eigenvalue weighted by Crippen LogP contribution is 2.43. The standard InChI is InChI=1S/C26H30N4O2/c1-2-24(31)29-10-11-30-23(16-29)25(28-26(30)18-6-7-18)20-5-3-4-19-14-22(27-15-21(19)20)17-8-12-32-13-9-17/h3-5,14-15,17-18H,2,6-13,16H2,1H3. The molecule has 0 radical (unpaired) electrons. The van der Waals surface area contributed by atoms with Crippen LogP contribution in [-0.2, 0) is 22.6 Å². The number of rotatable bonds is 4. The maximum Gasteiger partial charge on any atom is 0.222 e. The summed E-state index contributed by atoms with van der Waals surface area (Å²) in [6.07, 6.45) is 7.11. The zero-order valence-corrected chi connectivity index (χ0v) is 18.7. The number of nitrogens with zero attached hydrogens (tertiary/aromatic N) is 4. The quantitative estimate of drug-likeness (QED) is 0.606. The number of ether oxygens (including phenoxy) is 1. The highest BCUT2D eigenvalue weighted by atomic mass is 16.5. The molecule has 1 aromatic carbocycles. The summed E-state index contributed by atoms with van der Waals surface area (Å²) >= 11 is 0. The van der Waals surface area contributed by atoms with Gasteiger partial charge in [-0.15, -0.1) is 0 Å². The topological polar surface area (TPSA) is 60.2 Å². The second-order valence-corrected chi connectivity index (χ2v) is 9.38. The summed E-state index contributed by atoms with van der Waals surface area (Å²) in [6.45, 7) is 5.85. The smallest absolute Gasteiger partial charge is 0.222 e. The van der Waals surface area contributed by atoms with Crippen LogP contribution in [0.4, 0.5) is 0 Å². The van der Waals surface area contributed by atoms with Crippen LogP contribution in [0.2, 0.25) is 0 Å². The molecule has 0 bridgehead atoms. The molecule has 3 aliphatic rings. The minimum absolute atomic E-state index is 0.220. The van der Waals surface area contributed by atoms with Gasteiger partial charge in [0.05, 0.1) is 17.9 Å². The lowest BCUT2D eigenvalue weighted by atomic mass is 9.94. The number of benzene rings is 1. The zero-order chi connectivity index (χ0) is 21.7. The number of hydrogen-bond acceptors (Lipinski definition) is 4. The molecule has 2 aliphatic heterocycles. The van der Waals surface area contributed by atoms with Crippen molar-refractivity contribution in [2.75, 3.05) is 19.8 Å². The first-order valence-corrected chi connectivity index (χ1v) is 12.1. The van der Waals surface area contributed by atoms with Gasteiger partial charge in [-0.2, -0.15) is 0 Å². The Labute approximate surface area is 188 Å². The van der Waals surface area contributed by atoms with Crippen molar-refractivity contribution in [1.29, 1.82) is 0 Å². The van der Waals surface area contributed by atoms with Gasteiger partial charge >= 0.3 is 0 Å². The van der Waals surface area contributed by atoms with Gasteiger partial charge in [-0.1, -0.05) is 25.1 Å². The third-order valence-corrected chi connectivity index (χ3v) is 7.31. The molecule has 0 N–H and O–H groups in total. The minimum atomic E-state index is 0.220. The Morgan fingerprint density at radius 1 is 1.12 bits per heavy atom. The molecule has 1 amide bonds. The van der Waals surface area contributed by atoms with Gasteiger partial charge in [0.15, 0.2) is 0 Å². The lowest BCUT2D eigenvalue weighted by Crippen LogP contribution is -2.38. The van der Waals surface area contributed by atoms with Gasteiger partial charge in [-0.3, -0.25) is 9.78 Å². The van der Waals surface area contributed by atoms with E-state index in [9.17, 15) is 4.79 Å². The summed E-state index contributed by atoms with van der Waals surface area (Å²) in [5.41, 5.74) is 4.52. The molecule has 1 aliphatic carbocycles. The largest absolute Gasteiger partial charge is 0.381 e. The summed E-state index contributed by atoms with van der Waals surface area (Å²) in [4.78, 5) is 24.5. The molecule has 32 heavy (non-hydrogen) atoms. The highest BCUT2D eigenvalue weighted by molar-refractivity contribution is 5.96. The Hall–Kier alpha value is -2.73. The number of pyridine rings is 1. The van der Waals surface area contributed by atoms with E-state index in [0.717, 1.165) is 55.8 Å². The number of amides is 1. The molecular formula is C26H30N4O2. The number of carbonyl (C=O) groups is 1. The average molecular weight is 431 g/mol. The Balaban J connectivity index is 1.44. The first kappa shape index (κ1) is 19.9. The molecule has 0 atom stereocenters. The summed E-state index contributed by atoms with van der Waals surface area (Å²) in [5, 5.41) is 2.36. The van der Waals surface area contributed by atoms with Crippen LogP contribution in [-0.4, -0.2) is 45.1 Å². The SMILES string of the molecule is CCC(=O)N1CCn2c(C3CC3)nc(-c3cccc4cc(C5CCOCC5)ncc34)c2C1. The third kappa shape index (κ3) is 3.41. The molecule has 1 saturated carbocycles. The van der Waals surface area contributed by atoms with Gasteiger partial charge in [-0.25, -0.2) is 4.98 Å². The van der Waals surface area contributed by atoms with Crippen molar-refractivity contribution in [2.45, 2.75) is 64.0 Å². The van der Waals surface area contributed by atoms with Crippen LogP contribution >= 0.6 is 0 Å². The number of carbonyl (C=O) groups excluding carboxylic acids is 1. The first-order chi connectivity index (χ1) is 15.7. The van der Waals surface area contributed by atoms with Crippen LogP contribution in [0.5, 0.6) is 0 Å². The van der Waals surface area contributed by atoms with Crippen LogP contribution in [0.25, 0.3) is 22.0 Å². The second-order valence-electron chi connectivity index (χ2n) is 9.38. The van der Waals surface area contributed by atoms with Gasteiger partial charge in [0.25, 0.3) is 0 Å². The minimum Gasteiger partial charge on any atom is -0.381 e. The lowest BCUT2D eigenvalue weighted by Gasteiger charge is -2.29. The highest BCUT2D eigenvalue weighted by Gasteiger charge is 2.34. The molecule has 4 heterocycles. The van der Waals surface area contributed by atoms with Crippen LogP contribution in [0, 0.1) is 0 Å². The molecule has 6 nitrogen and oxygen atoms in total. The van der Waals surface area contributed by atoms with E-state index < -0.39 is 0 Å². The molecule has 2 fully saturated rings. The van der Waals surface area contributed by atoms with E-state index >= 15 is 0 Å². The second kappa shape index (κ2) is 8.00. The summed E-state index contributed by atoms with van der Waals surface area (Å²) in [7, 11) is 0. The van der Waals surface area contributed by atoms with E-state index in [-0.39, 0.29) is 5.91 Å². The number of fused-ring (bicyclic) bond motifs is 2. The third-order valence-electron chi connectivity index (χ3n) is 7.31. The van der Waals surface area contributed by atoms with Crippen LogP contribution in [0.1, 0.15) is 68.1 Å². The van der Waals surface area contributed by atoms with Crippen LogP contribution < -0.4 is 0 Å². The van der Waals surface area contributed by atoms with E-state index in [4.69, 9.17) is 14.7 Å². The fourth-order valence-electron chi connectivity index (χ4n) is 5.31. The fraction of sp³-hybridized carbons (Fsp3) is 0.500. The van der Waals surface area contributed by atoms with E-state index in [1.807, 2.05) is 18.0 Å². The van der Waals surface area contributed by atoms with Crippen molar-refractivity contribution in [3.8, 4) is 11.3 Å². The predicted molar refractivity (Wildman–Crippen MR) is 123 cm³/mol. The maximum absolute atomic E-state index is 12.5. The molecule has 0 spiro atoms. The monoisotopic (exact) mass is 430 g/mol. The van der Waals surface area contributed by atoms with Crippen molar-refractivity contribution in [3.05, 3.63) is 47.7 Å². The average Bonchev–Trinajstić information content (AvgIpc) is 3.63. The van der Waals surface area contributed by atoms with E-state index in [1.165, 1.54) is 35.4 Å². The van der Waals surface area contributed by atoms with Gasteiger partial charge in [0.2, 0.25) is 5.91 Å². The lowest BCUT2D eigenvalue weighted by molar-refractivity contribution is -0.132. The molecule has 2 aromatic heterocycles. The Bertz CT molecular complexity index is 1170. The van der Waals surface area contributed by atoms with Crippen molar-refractivity contribution >= 4 is 16.7 Å². The van der Waals surface area contributed by atoms with E-state index in [1.54, 1.807) is 0 Å². The molecule has 6 heteroatoms. The summed E-state index contributed by atoms with van der Waals surface area (Å²) < 4.78 is 7.93. The molecule has 1 saturated heterocycles. The first-order valence-electron chi connectivity index (χ1n) is 12.1. The summed E-state index contributed by atoms with van der Waals surface area (Å²) in [6, 6.07) is 8.73. The molecular weight excluding hydrogens is 400 g/mol. The van der Waals surface area contributed by atoms with Gasteiger partial charge < -0.3 is 14.2 Å². The molecule has 0 unspecified atom stereocenters. The predicted octanol–water partition coefficient (Wildman–Crippen LogP) is 4.62. The molecule has 6 rings (SSSR count). The molecule has 3 aromatic rings. The Morgan fingerprint density at radius 2 is 1.97 bits per heavy atom. The van der Waals surface area contributed by atoms with Crippen LogP contribution in [0.15, 0.2) is 30.5 Å². The van der Waals surface area contributed by atoms with Gasteiger partial charge in [0, 0.05) is 67.4 Å². The van der Waals surface area contributed by atoms with E-state index in [0.29, 0.717) is 24.8 Å². The van der Waals surface area contributed by atoms with Crippen molar-refractivity contribution in [3.63, 3.8) is 0 Å². The maximum atomic E-state index is 12.5.